The van der Waals surface area contributed by atoms with Crippen molar-refractivity contribution in [2.24, 2.45) is 0 Å². The fourth-order valence-corrected chi connectivity index (χ4v) is 10.3. The molecule has 0 radical (unpaired) electrons. The number of thiazole rings is 1. The smallest absolute Gasteiger partial charge is 0.235 e. The van der Waals surface area contributed by atoms with Gasteiger partial charge in [0.05, 0.1) is 44.0 Å². The molecule has 3 aromatic heterocycles. The quantitative estimate of drug-likeness (QED) is 0.168. The maximum absolute atomic E-state index is 5.33. The lowest BCUT2D eigenvalue weighted by Gasteiger charge is -2.42. The first-order valence-corrected chi connectivity index (χ1v) is 21.8. The molecule has 62 heavy (non-hydrogen) atoms. The molecular weight excluding hydrogens is 775 g/mol. The molecule has 4 heterocycles. The van der Waals surface area contributed by atoms with Crippen LogP contribution in [0.3, 0.4) is 0 Å². The Balaban J connectivity index is 1.09. The summed E-state index contributed by atoms with van der Waals surface area (Å²) in [6.07, 6.45) is 0. The van der Waals surface area contributed by atoms with Crippen LogP contribution in [-0.4, -0.2) is 19.5 Å². The van der Waals surface area contributed by atoms with Crippen LogP contribution in [-0.2, 0) is 5.41 Å². The van der Waals surface area contributed by atoms with E-state index in [0.717, 1.165) is 76.4 Å². The topological polar surface area (TPSA) is 46.8 Å². The van der Waals surface area contributed by atoms with Gasteiger partial charge in [0, 0.05) is 38.6 Å². The summed E-state index contributed by atoms with van der Waals surface area (Å²) in [6, 6.07) is 71.3. The summed E-state index contributed by atoms with van der Waals surface area (Å²) < 4.78 is 3.37. The van der Waals surface area contributed by atoms with E-state index in [1.54, 1.807) is 11.3 Å². The predicted molar refractivity (Wildman–Crippen MR) is 258 cm³/mol. The van der Waals surface area contributed by atoms with Crippen molar-refractivity contribution < 1.29 is 0 Å². The van der Waals surface area contributed by atoms with Gasteiger partial charge in [0.15, 0.2) is 0 Å². The van der Waals surface area contributed by atoms with Gasteiger partial charge in [0.1, 0.15) is 5.01 Å². The number of benzene rings is 8. The number of aromatic nitrogens is 4. The SMILES string of the molecule is CC1(C)c2ccccc2N(c2ccccc2)c2ccc(-c3ccc4c(c3)c3cc5sc(-c6ccccc6)nc5cc3n4-c3nc(-c4ccccc4)cc(-c4ccccc4)n3)cc21. The molecule has 0 saturated carbocycles. The van der Waals surface area contributed by atoms with Crippen molar-refractivity contribution in [3.05, 3.63) is 211 Å². The van der Waals surface area contributed by atoms with Gasteiger partial charge in [-0.05, 0) is 82.9 Å². The Morgan fingerprint density at radius 1 is 0.435 bits per heavy atom. The van der Waals surface area contributed by atoms with Crippen LogP contribution in [0.1, 0.15) is 25.0 Å². The highest BCUT2D eigenvalue weighted by atomic mass is 32.1. The summed E-state index contributed by atoms with van der Waals surface area (Å²) in [4.78, 5) is 18.3. The summed E-state index contributed by atoms with van der Waals surface area (Å²) in [6.45, 7) is 4.70. The van der Waals surface area contributed by atoms with Gasteiger partial charge in [-0.3, -0.25) is 4.57 Å². The third-order valence-corrected chi connectivity index (χ3v) is 13.5. The minimum absolute atomic E-state index is 0.223. The fourth-order valence-electron chi connectivity index (χ4n) is 9.33. The van der Waals surface area contributed by atoms with Crippen LogP contribution >= 0.6 is 11.3 Å². The van der Waals surface area contributed by atoms with E-state index in [2.05, 4.69) is 205 Å². The molecule has 11 aromatic rings. The molecule has 12 rings (SSSR count). The van der Waals surface area contributed by atoms with Gasteiger partial charge in [-0.1, -0.05) is 153 Å². The molecule has 0 unspecified atom stereocenters. The summed E-state index contributed by atoms with van der Waals surface area (Å²) in [5.74, 6) is 0.617. The van der Waals surface area contributed by atoms with Gasteiger partial charge >= 0.3 is 0 Å². The molecule has 0 fully saturated rings. The number of para-hydroxylation sites is 2. The Morgan fingerprint density at radius 2 is 1.00 bits per heavy atom. The molecule has 5 nitrogen and oxygen atoms in total. The minimum Gasteiger partial charge on any atom is -0.310 e. The third-order valence-electron chi connectivity index (χ3n) is 12.4. The van der Waals surface area contributed by atoms with Gasteiger partial charge in [0.2, 0.25) is 5.95 Å². The molecule has 0 bridgehead atoms. The van der Waals surface area contributed by atoms with E-state index in [-0.39, 0.29) is 5.41 Å². The van der Waals surface area contributed by atoms with Crippen LogP contribution in [0, 0.1) is 0 Å². The van der Waals surface area contributed by atoms with Crippen molar-refractivity contribution in [2.45, 2.75) is 19.3 Å². The number of fused-ring (bicyclic) bond motifs is 6. The number of rotatable bonds is 6. The first kappa shape index (κ1) is 36.2. The van der Waals surface area contributed by atoms with Gasteiger partial charge in [-0.2, -0.15) is 0 Å². The molecule has 0 saturated heterocycles. The highest BCUT2D eigenvalue weighted by molar-refractivity contribution is 7.21. The largest absolute Gasteiger partial charge is 0.310 e. The second-order valence-corrected chi connectivity index (χ2v) is 17.5. The van der Waals surface area contributed by atoms with Gasteiger partial charge < -0.3 is 4.90 Å². The standard InChI is InChI=1S/C56H39N5S/c1-56(2)44-25-15-16-26-50(44)60(41-23-13-6-14-24-41)51-30-28-40(32-45(51)56)39-27-29-49-42(31-39)43-33-53-48(57-54(62-53)38-21-11-5-12-22-38)35-52(43)61(49)55-58-46(36-17-7-3-8-18-36)34-47(59-55)37-19-9-4-10-20-37/h3-35H,1-2H3. The van der Waals surface area contributed by atoms with E-state index >= 15 is 0 Å². The number of hydrogen-bond acceptors (Lipinski definition) is 5. The van der Waals surface area contributed by atoms with Crippen LogP contribution in [0.2, 0.25) is 0 Å². The van der Waals surface area contributed by atoms with Crippen LogP contribution < -0.4 is 4.90 Å². The lowest BCUT2D eigenvalue weighted by atomic mass is 9.73. The molecule has 6 heteroatoms. The minimum atomic E-state index is -0.223. The van der Waals surface area contributed by atoms with Gasteiger partial charge in [-0.15, -0.1) is 11.3 Å². The summed E-state index contributed by atoms with van der Waals surface area (Å²) in [5, 5.41) is 3.27. The summed E-state index contributed by atoms with van der Waals surface area (Å²) in [5.41, 5.74) is 16.2. The molecule has 1 aliphatic rings. The Bertz CT molecular complexity index is 3430. The zero-order chi connectivity index (χ0) is 41.4. The van der Waals surface area contributed by atoms with E-state index in [0.29, 0.717) is 5.95 Å². The van der Waals surface area contributed by atoms with Crippen LogP contribution in [0.4, 0.5) is 17.1 Å². The number of hydrogen-bond donors (Lipinski definition) is 0. The second-order valence-electron chi connectivity index (χ2n) is 16.5. The maximum atomic E-state index is 5.33. The number of nitrogens with zero attached hydrogens (tertiary/aromatic N) is 5. The average Bonchev–Trinajstić information content (AvgIpc) is 3.90. The van der Waals surface area contributed by atoms with Crippen molar-refractivity contribution in [3.63, 3.8) is 0 Å². The van der Waals surface area contributed by atoms with Crippen molar-refractivity contribution in [1.82, 2.24) is 19.5 Å². The molecule has 1 aliphatic heterocycles. The van der Waals surface area contributed by atoms with Gasteiger partial charge in [0.25, 0.3) is 0 Å². The molecule has 0 amide bonds. The first-order valence-electron chi connectivity index (χ1n) is 21.0. The Labute approximate surface area is 363 Å². The zero-order valence-corrected chi connectivity index (χ0v) is 35.0. The molecule has 8 aromatic carbocycles. The van der Waals surface area contributed by atoms with E-state index in [1.165, 1.54) is 28.1 Å². The monoisotopic (exact) mass is 813 g/mol. The zero-order valence-electron chi connectivity index (χ0n) is 34.2. The van der Waals surface area contributed by atoms with Crippen LogP contribution in [0.5, 0.6) is 0 Å². The lowest BCUT2D eigenvalue weighted by molar-refractivity contribution is 0.632. The van der Waals surface area contributed by atoms with Crippen LogP contribution in [0.25, 0.3) is 82.2 Å². The van der Waals surface area contributed by atoms with E-state index in [9.17, 15) is 0 Å². The fraction of sp³-hybridized carbons (Fsp3) is 0.0536. The third kappa shape index (κ3) is 5.86. The highest BCUT2D eigenvalue weighted by Crippen LogP contribution is 2.52. The van der Waals surface area contributed by atoms with E-state index in [4.69, 9.17) is 15.0 Å². The van der Waals surface area contributed by atoms with Crippen molar-refractivity contribution in [2.75, 3.05) is 4.90 Å². The Hall–Kier alpha value is -7.67. The lowest BCUT2D eigenvalue weighted by Crippen LogP contribution is -2.30. The summed E-state index contributed by atoms with van der Waals surface area (Å²) in [7, 11) is 0. The summed E-state index contributed by atoms with van der Waals surface area (Å²) >= 11 is 1.73. The molecule has 294 valence electrons. The van der Waals surface area contributed by atoms with Crippen LogP contribution in [0.15, 0.2) is 200 Å². The first-order chi connectivity index (χ1) is 30.5. The van der Waals surface area contributed by atoms with E-state index < -0.39 is 0 Å². The number of anilines is 3. The molecule has 0 N–H and O–H groups in total. The molecule has 0 aliphatic carbocycles. The molecular formula is C56H39N5S. The second kappa shape index (κ2) is 14.2. The Morgan fingerprint density at radius 3 is 1.69 bits per heavy atom. The van der Waals surface area contributed by atoms with Crippen molar-refractivity contribution in [3.8, 4) is 50.2 Å². The molecule has 0 spiro atoms. The van der Waals surface area contributed by atoms with Crippen molar-refractivity contribution in [1.29, 1.82) is 0 Å². The highest BCUT2D eigenvalue weighted by Gasteiger charge is 2.37. The predicted octanol–water partition coefficient (Wildman–Crippen LogP) is 15.0. The average molecular weight is 814 g/mol. The van der Waals surface area contributed by atoms with Gasteiger partial charge in [-0.25, -0.2) is 15.0 Å². The normalized spacial score (nSPS) is 13.1. The maximum Gasteiger partial charge on any atom is 0.235 e. The van der Waals surface area contributed by atoms with E-state index in [1.807, 2.05) is 18.2 Å². The van der Waals surface area contributed by atoms with Crippen molar-refractivity contribution >= 4 is 60.4 Å². The Kier molecular flexibility index (Phi) is 8.31. The molecule has 0 atom stereocenters.